The summed E-state index contributed by atoms with van der Waals surface area (Å²) in [6.45, 7) is -2.64. The molecule has 1 heterocycles. The lowest BCUT2D eigenvalue weighted by Crippen LogP contribution is -2.50. The lowest BCUT2D eigenvalue weighted by molar-refractivity contribution is -0.199. The Morgan fingerprint density at radius 2 is 1.81 bits per heavy atom. The Labute approximate surface area is 161 Å². The number of rotatable bonds is 10. The van der Waals surface area contributed by atoms with Gasteiger partial charge in [0.25, 0.3) is 0 Å². The monoisotopic (exact) mass is 384 g/mol. The quantitative estimate of drug-likeness (QED) is 0.554. The Hall–Kier alpha value is -2.00. The first-order valence-corrected chi connectivity index (χ1v) is 8.50. The molecule has 1 fully saturated rings. The molecule has 0 amide bonds. The summed E-state index contributed by atoms with van der Waals surface area (Å²) < 4.78 is 46.9. The Kier molecular flexibility index (Phi) is 7.93. The molecular formula is C19H26O8. The van der Waals surface area contributed by atoms with Crippen LogP contribution in [0.5, 0.6) is 0 Å². The molecule has 0 radical (unpaired) electrons. The van der Waals surface area contributed by atoms with Gasteiger partial charge < -0.3 is 28.4 Å². The van der Waals surface area contributed by atoms with Crippen molar-refractivity contribution in [2.45, 2.75) is 31.3 Å². The van der Waals surface area contributed by atoms with Crippen molar-refractivity contribution in [3.05, 3.63) is 35.9 Å². The van der Waals surface area contributed by atoms with Crippen molar-refractivity contribution in [1.82, 2.24) is 0 Å². The third-order valence-corrected chi connectivity index (χ3v) is 3.93. The van der Waals surface area contributed by atoms with E-state index < -0.39 is 43.4 Å². The molecule has 8 heteroatoms. The summed E-state index contributed by atoms with van der Waals surface area (Å²) in [7, 11) is 2.35. The molecule has 27 heavy (non-hydrogen) atoms. The van der Waals surface area contributed by atoms with Crippen molar-refractivity contribution >= 4 is 11.9 Å². The molecule has 0 aromatic heterocycles. The SMILES string of the molecule is [2H]C(OC[C@H]1OCC[C@@H](OC([2H])C(=O)OC)[C@@H]1OCc1ccccc1)C(=O)OC. The minimum atomic E-state index is -1.52. The van der Waals surface area contributed by atoms with Gasteiger partial charge in [0.1, 0.15) is 25.4 Å². The van der Waals surface area contributed by atoms with Crippen LogP contribution in [-0.2, 0) is 44.6 Å². The minimum Gasteiger partial charge on any atom is -0.467 e. The molecule has 0 bridgehead atoms. The van der Waals surface area contributed by atoms with Crippen LogP contribution in [0.2, 0.25) is 0 Å². The van der Waals surface area contributed by atoms with Crippen molar-refractivity contribution in [3.63, 3.8) is 0 Å². The number of hydrogen-bond donors (Lipinski definition) is 0. The zero-order valence-electron chi connectivity index (χ0n) is 17.4. The van der Waals surface area contributed by atoms with Crippen molar-refractivity contribution in [2.75, 3.05) is 40.6 Å². The zero-order chi connectivity index (χ0) is 21.2. The van der Waals surface area contributed by atoms with Gasteiger partial charge in [-0.15, -0.1) is 0 Å². The van der Waals surface area contributed by atoms with Crippen LogP contribution in [0.1, 0.15) is 14.7 Å². The summed E-state index contributed by atoms with van der Waals surface area (Å²) in [5.41, 5.74) is 0.916. The largest absolute Gasteiger partial charge is 0.467 e. The van der Waals surface area contributed by atoms with Gasteiger partial charge in [-0.3, -0.25) is 0 Å². The van der Waals surface area contributed by atoms with E-state index in [1.54, 1.807) is 0 Å². The maximum absolute atomic E-state index is 11.6. The van der Waals surface area contributed by atoms with E-state index >= 15 is 0 Å². The molecule has 0 aliphatic carbocycles. The predicted octanol–water partition coefficient (Wildman–Crippen LogP) is 1.11. The van der Waals surface area contributed by atoms with E-state index in [0.29, 0.717) is 6.42 Å². The molecule has 1 aromatic carbocycles. The van der Waals surface area contributed by atoms with E-state index in [9.17, 15) is 9.59 Å². The molecule has 0 spiro atoms. The van der Waals surface area contributed by atoms with Gasteiger partial charge in [0.05, 0.1) is 36.3 Å². The molecule has 1 saturated heterocycles. The molecule has 1 aromatic rings. The number of hydrogen-bond acceptors (Lipinski definition) is 8. The van der Waals surface area contributed by atoms with Crippen LogP contribution in [-0.4, -0.2) is 70.8 Å². The molecule has 1 aliphatic heterocycles. The van der Waals surface area contributed by atoms with Crippen LogP contribution < -0.4 is 0 Å². The maximum Gasteiger partial charge on any atom is 0.331 e. The fourth-order valence-corrected chi connectivity index (χ4v) is 2.55. The van der Waals surface area contributed by atoms with Gasteiger partial charge in [-0.05, 0) is 12.0 Å². The van der Waals surface area contributed by atoms with Gasteiger partial charge in [-0.25, -0.2) is 9.59 Å². The highest BCUT2D eigenvalue weighted by molar-refractivity contribution is 5.70. The second kappa shape index (κ2) is 11.7. The molecular weight excluding hydrogens is 356 g/mol. The summed E-state index contributed by atoms with van der Waals surface area (Å²) in [6, 6.07) is 9.43. The van der Waals surface area contributed by atoms with E-state index in [1.165, 1.54) is 14.2 Å². The van der Waals surface area contributed by atoms with Gasteiger partial charge in [0.15, 0.2) is 0 Å². The molecule has 2 unspecified atom stereocenters. The van der Waals surface area contributed by atoms with Crippen LogP contribution in [0.15, 0.2) is 30.3 Å². The second-order valence-electron chi connectivity index (χ2n) is 5.75. The number of methoxy groups -OCH3 is 2. The number of carbonyl (C=O) groups is 2. The smallest absolute Gasteiger partial charge is 0.331 e. The number of ether oxygens (including phenoxy) is 6. The highest BCUT2D eigenvalue weighted by atomic mass is 16.6. The van der Waals surface area contributed by atoms with E-state index in [0.717, 1.165) is 5.56 Å². The van der Waals surface area contributed by atoms with Crippen molar-refractivity contribution in [3.8, 4) is 0 Å². The first-order chi connectivity index (χ1) is 14.0. The highest BCUT2D eigenvalue weighted by Crippen LogP contribution is 2.23. The molecule has 0 saturated carbocycles. The van der Waals surface area contributed by atoms with E-state index in [1.807, 2.05) is 30.3 Å². The van der Waals surface area contributed by atoms with Crippen LogP contribution in [0.25, 0.3) is 0 Å². The standard InChI is InChI=1S/C19H26O8/c1-22-17(20)12-24-11-16-19(27-10-14-6-4-3-5-7-14)15(8-9-25-16)26-13-18(21)23-2/h3-7,15-16,19H,8-13H2,1-2H3/t15-,16-,19+/m1/s1/i12D,13D/t12?,13?,15-,16-,19+. The number of carbonyl (C=O) groups excluding carboxylic acids is 2. The molecule has 1 aliphatic rings. The summed E-state index contributed by atoms with van der Waals surface area (Å²) in [5, 5.41) is 0. The molecule has 8 nitrogen and oxygen atoms in total. The number of benzene rings is 1. The topological polar surface area (TPSA) is 89.5 Å². The average Bonchev–Trinajstić information content (AvgIpc) is 2.76. The van der Waals surface area contributed by atoms with Crippen LogP contribution in [0.4, 0.5) is 0 Å². The van der Waals surface area contributed by atoms with Crippen molar-refractivity contribution in [1.29, 1.82) is 0 Å². The fourth-order valence-electron chi connectivity index (χ4n) is 2.55. The van der Waals surface area contributed by atoms with Gasteiger partial charge >= 0.3 is 11.9 Å². The predicted molar refractivity (Wildman–Crippen MR) is 94.0 cm³/mol. The first kappa shape index (κ1) is 18.4. The van der Waals surface area contributed by atoms with E-state index in [2.05, 4.69) is 9.47 Å². The lowest BCUT2D eigenvalue weighted by Gasteiger charge is -2.37. The van der Waals surface area contributed by atoms with E-state index in [-0.39, 0.29) is 19.8 Å². The maximum atomic E-state index is 11.6. The molecule has 0 N–H and O–H groups in total. The lowest BCUT2D eigenvalue weighted by atomic mass is 10.0. The Balaban J connectivity index is 2.06. The first-order valence-electron chi connectivity index (χ1n) is 9.66. The Morgan fingerprint density at radius 1 is 1.11 bits per heavy atom. The summed E-state index contributed by atoms with van der Waals surface area (Å²) in [6.07, 6.45) is -1.60. The van der Waals surface area contributed by atoms with Crippen LogP contribution in [0, 0.1) is 0 Å². The minimum absolute atomic E-state index is 0.122. The number of esters is 2. The third kappa shape index (κ3) is 7.26. The van der Waals surface area contributed by atoms with Gasteiger partial charge in [-0.1, -0.05) is 30.3 Å². The van der Waals surface area contributed by atoms with Gasteiger partial charge in [0, 0.05) is 6.61 Å². The molecule has 5 atom stereocenters. The van der Waals surface area contributed by atoms with E-state index in [4.69, 9.17) is 21.7 Å². The van der Waals surface area contributed by atoms with Crippen LogP contribution in [0.3, 0.4) is 0 Å². The molecule has 150 valence electrons. The second-order valence-corrected chi connectivity index (χ2v) is 5.75. The Morgan fingerprint density at radius 3 is 2.52 bits per heavy atom. The average molecular weight is 384 g/mol. The third-order valence-electron chi connectivity index (χ3n) is 3.93. The molecule has 2 rings (SSSR count). The van der Waals surface area contributed by atoms with Crippen LogP contribution >= 0.6 is 0 Å². The van der Waals surface area contributed by atoms with Crippen molar-refractivity contribution in [2.24, 2.45) is 0 Å². The normalized spacial score (nSPS) is 25.6. The van der Waals surface area contributed by atoms with Gasteiger partial charge in [0.2, 0.25) is 0 Å². The highest BCUT2D eigenvalue weighted by Gasteiger charge is 2.36. The van der Waals surface area contributed by atoms with Gasteiger partial charge in [-0.2, -0.15) is 0 Å². The summed E-state index contributed by atoms with van der Waals surface area (Å²) in [5.74, 6) is -1.64. The van der Waals surface area contributed by atoms with Crippen molar-refractivity contribution < 1.29 is 40.8 Å². The summed E-state index contributed by atoms with van der Waals surface area (Å²) >= 11 is 0. The summed E-state index contributed by atoms with van der Waals surface area (Å²) in [4.78, 5) is 23.0. The Bertz CT molecular complexity index is 644. The fraction of sp³-hybridized carbons (Fsp3) is 0.579. The zero-order valence-corrected chi connectivity index (χ0v) is 15.4.